The van der Waals surface area contributed by atoms with Gasteiger partial charge in [-0.3, -0.25) is 4.98 Å². The molecule has 0 aliphatic carbocycles. The van der Waals surface area contributed by atoms with Gasteiger partial charge in [-0.05, 0) is 36.9 Å². The standard InChI is InChI=1S/C18H26N2/c1-4-8-14(3)17(19-12-5-2)16-11-6-9-15-10-7-13-20-18(15)16/h6-7,9-11,13-14,17,19H,4-5,8,12H2,1-3H3. The minimum Gasteiger partial charge on any atom is -0.310 e. The van der Waals surface area contributed by atoms with Crippen LogP contribution in [0.4, 0.5) is 0 Å². The minimum atomic E-state index is 0.397. The molecule has 0 saturated heterocycles. The molecule has 2 nitrogen and oxygen atoms in total. The highest BCUT2D eigenvalue weighted by Gasteiger charge is 2.20. The molecule has 0 fully saturated rings. The van der Waals surface area contributed by atoms with Gasteiger partial charge in [0, 0.05) is 17.6 Å². The Hall–Kier alpha value is -1.41. The van der Waals surface area contributed by atoms with E-state index in [4.69, 9.17) is 0 Å². The largest absolute Gasteiger partial charge is 0.310 e. The first kappa shape index (κ1) is 15.0. The number of benzene rings is 1. The number of pyridine rings is 1. The van der Waals surface area contributed by atoms with Crippen LogP contribution < -0.4 is 5.32 Å². The Kier molecular flexibility index (Phi) is 5.54. The smallest absolute Gasteiger partial charge is 0.0749 e. The number of nitrogens with one attached hydrogen (secondary N) is 1. The molecular formula is C18H26N2. The lowest BCUT2D eigenvalue weighted by Gasteiger charge is -2.26. The Balaban J connectivity index is 2.39. The van der Waals surface area contributed by atoms with Crippen LogP contribution in [-0.4, -0.2) is 11.5 Å². The summed E-state index contributed by atoms with van der Waals surface area (Å²) in [5.41, 5.74) is 2.49. The molecule has 2 unspecified atom stereocenters. The second-order valence-electron chi connectivity index (χ2n) is 5.62. The fraction of sp³-hybridized carbons (Fsp3) is 0.500. The zero-order valence-electron chi connectivity index (χ0n) is 12.9. The van der Waals surface area contributed by atoms with E-state index in [2.05, 4.69) is 55.3 Å². The van der Waals surface area contributed by atoms with Crippen LogP contribution >= 0.6 is 0 Å². The molecule has 1 heterocycles. The Bertz CT molecular complexity index is 530. The number of para-hydroxylation sites is 1. The van der Waals surface area contributed by atoms with Crippen molar-refractivity contribution in [3.05, 3.63) is 42.1 Å². The number of rotatable bonds is 7. The van der Waals surface area contributed by atoms with Crippen LogP contribution in [0.5, 0.6) is 0 Å². The van der Waals surface area contributed by atoms with E-state index >= 15 is 0 Å². The van der Waals surface area contributed by atoms with E-state index in [0.29, 0.717) is 12.0 Å². The van der Waals surface area contributed by atoms with Gasteiger partial charge in [-0.2, -0.15) is 0 Å². The van der Waals surface area contributed by atoms with Crippen LogP contribution in [0.15, 0.2) is 36.5 Å². The first-order valence-electron chi connectivity index (χ1n) is 7.85. The van der Waals surface area contributed by atoms with Gasteiger partial charge in [0.2, 0.25) is 0 Å². The lowest BCUT2D eigenvalue weighted by molar-refractivity contribution is 0.365. The van der Waals surface area contributed by atoms with Crippen molar-refractivity contribution in [2.75, 3.05) is 6.54 Å². The number of fused-ring (bicyclic) bond motifs is 1. The third kappa shape index (κ3) is 3.37. The Morgan fingerprint density at radius 1 is 1.10 bits per heavy atom. The molecule has 2 rings (SSSR count). The van der Waals surface area contributed by atoms with Crippen molar-refractivity contribution in [2.24, 2.45) is 5.92 Å². The minimum absolute atomic E-state index is 0.397. The molecule has 2 atom stereocenters. The highest BCUT2D eigenvalue weighted by molar-refractivity contribution is 5.82. The lowest BCUT2D eigenvalue weighted by Crippen LogP contribution is -2.28. The Labute approximate surface area is 122 Å². The molecule has 2 heteroatoms. The van der Waals surface area contributed by atoms with Gasteiger partial charge in [0.25, 0.3) is 0 Å². The van der Waals surface area contributed by atoms with Gasteiger partial charge in [-0.15, -0.1) is 0 Å². The molecule has 0 saturated carbocycles. The topological polar surface area (TPSA) is 24.9 Å². The number of hydrogen-bond acceptors (Lipinski definition) is 2. The van der Waals surface area contributed by atoms with Crippen molar-refractivity contribution in [1.29, 1.82) is 0 Å². The summed E-state index contributed by atoms with van der Waals surface area (Å²) in [4.78, 5) is 4.61. The summed E-state index contributed by atoms with van der Waals surface area (Å²) in [6.07, 6.45) is 5.52. The van der Waals surface area contributed by atoms with Crippen molar-refractivity contribution in [1.82, 2.24) is 10.3 Å². The van der Waals surface area contributed by atoms with E-state index < -0.39 is 0 Å². The fourth-order valence-electron chi connectivity index (χ4n) is 2.92. The number of aromatic nitrogens is 1. The summed E-state index contributed by atoms with van der Waals surface area (Å²) in [5.74, 6) is 0.624. The molecule has 1 aromatic carbocycles. The summed E-state index contributed by atoms with van der Waals surface area (Å²) in [6.45, 7) is 7.88. The molecule has 0 bridgehead atoms. The lowest BCUT2D eigenvalue weighted by atomic mass is 9.89. The molecule has 108 valence electrons. The van der Waals surface area contributed by atoms with E-state index in [1.165, 1.54) is 23.8 Å². The highest BCUT2D eigenvalue weighted by Crippen LogP contribution is 2.30. The quantitative estimate of drug-likeness (QED) is 0.788. The summed E-state index contributed by atoms with van der Waals surface area (Å²) >= 11 is 0. The van der Waals surface area contributed by atoms with Gasteiger partial charge in [-0.1, -0.05) is 51.5 Å². The SMILES string of the molecule is CCCNC(c1cccc2cccnc12)C(C)CCC. The fourth-order valence-corrected chi connectivity index (χ4v) is 2.92. The van der Waals surface area contributed by atoms with E-state index in [1.807, 2.05) is 12.3 Å². The molecule has 0 aliphatic rings. The van der Waals surface area contributed by atoms with Gasteiger partial charge in [0.1, 0.15) is 0 Å². The van der Waals surface area contributed by atoms with Crippen LogP contribution in [0, 0.1) is 5.92 Å². The van der Waals surface area contributed by atoms with E-state index in [9.17, 15) is 0 Å². The van der Waals surface area contributed by atoms with E-state index in [1.54, 1.807) is 0 Å². The molecular weight excluding hydrogens is 244 g/mol. The predicted octanol–water partition coefficient (Wildman–Crippen LogP) is 4.71. The van der Waals surface area contributed by atoms with Crippen molar-refractivity contribution in [2.45, 2.75) is 46.1 Å². The van der Waals surface area contributed by atoms with Crippen molar-refractivity contribution < 1.29 is 0 Å². The van der Waals surface area contributed by atoms with E-state index in [-0.39, 0.29) is 0 Å². The van der Waals surface area contributed by atoms with Crippen LogP contribution in [0.25, 0.3) is 10.9 Å². The first-order valence-corrected chi connectivity index (χ1v) is 7.85. The molecule has 0 spiro atoms. The maximum atomic E-state index is 4.61. The van der Waals surface area contributed by atoms with Crippen LogP contribution in [0.3, 0.4) is 0 Å². The van der Waals surface area contributed by atoms with Crippen molar-refractivity contribution in [3.8, 4) is 0 Å². The second kappa shape index (κ2) is 7.39. The van der Waals surface area contributed by atoms with Crippen LogP contribution in [0.2, 0.25) is 0 Å². The third-order valence-corrected chi connectivity index (χ3v) is 3.93. The molecule has 0 radical (unpaired) electrons. The Morgan fingerprint density at radius 2 is 1.90 bits per heavy atom. The maximum absolute atomic E-state index is 4.61. The number of hydrogen-bond donors (Lipinski definition) is 1. The molecule has 1 N–H and O–H groups in total. The summed E-state index contributed by atoms with van der Waals surface area (Å²) in [6, 6.07) is 11.1. The van der Waals surface area contributed by atoms with Gasteiger partial charge >= 0.3 is 0 Å². The van der Waals surface area contributed by atoms with Gasteiger partial charge in [0.15, 0.2) is 0 Å². The van der Waals surface area contributed by atoms with E-state index in [0.717, 1.165) is 18.5 Å². The van der Waals surface area contributed by atoms with Crippen molar-refractivity contribution in [3.63, 3.8) is 0 Å². The number of nitrogens with zero attached hydrogens (tertiary/aromatic N) is 1. The maximum Gasteiger partial charge on any atom is 0.0749 e. The highest BCUT2D eigenvalue weighted by atomic mass is 14.9. The van der Waals surface area contributed by atoms with Gasteiger partial charge in [-0.25, -0.2) is 0 Å². The predicted molar refractivity (Wildman–Crippen MR) is 86.8 cm³/mol. The summed E-state index contributed by atoms with van der Waals surface area (Å²) in [5, 5.41) is 4.96. The normalized spacial score (nSPS) is 14.3. The molecule has 20 heavy (non-hydrogen) atoms. The summed E-state index contributed by atoms with van der Waals surface area (Å²) < 4.78 is 0. The van der Waals surface area contributed by atoms with Crippen LogP contribution in [-0.2, 0) is 0 Å². The zero-order valence-corrected chi connectivity index (χ0v) is 12.9. The summed E-state index contributed by atoms with van der Waals surface area (Å²) in [7, 11) is 0. The molecule has 1 aromatic heterocycles. The molecule has 0 aliphatic heterocycles. The molecule has 2 aromatic rings. The van der Waals surface area contributed by atoms with Gasteiger partial charge < -0.3 is 5.32 Å². The third-order valence-electron chi connectivity index (χ3n) is 3.93. The first-order chi connectivity index (χ1) is 9.77. The second-order valence-corrected chi connectivity index (χ2v) is 5.62. The zero-order chi connectivity index (χ0) is 14.4. The van der Waals surface area contributed by atoms with Gasteiger partial charge in [0.05, 0.1) is 5.52 Å². The van der Waals surface area contributed by atoms with Crippen LogP contribution in [0.1, 0.15) is 51.6 Å². The molecule has 0 amide bonds. The monoisotopic (exact) mass is 270 g/mol. The average molecular weight is 270 g/mol. The van der Waals surface area contributed by atoms with Crippen molar-refractivity contribution >= 4 is 10.9 Å². The Morgan fingerprint density at radius 3 is 2.65 bits per heavy atom. The average Bonchev–Trinajstić information content (AvgIpc) is 2.48.